The lowest BCUT2D eigenvalue weighted by molar-refractivity contribution is -0.137. The van der Waals surface area contributed by atoms with Crippen LogP contribution in [-0.4, -0.2) is 21.8 Å². The zero-order valence-electron chi connectivity index (χ0n) is 19.0. The predicted octanol–water partition coefficient (Wildman–Crippen LogP) is 6.83. The number of aromatic nitrogens is 2. The number of imidazole rings is 1. The molecule has 0 aliphatic heterocycles. The van der Waals surface area contributed by atoms with Crippen LogP contribution < -0.4 is 10.1 Å². The minimum absolute atomic E-state index is 0.126. The smallest absolute Gasteiger partial charge is 0.410 e. The topological polar surface area (TPSA) is 84.1 Å². The van der Waals surface area contributed by atoms with Crippen LogP contribution >= 0.6 is 11.3 Å². The van der Waals surface area contributed by atoms with Crippen LogP contribution in [0.4, 0.5) is 18.0 Å². The van der Waals surface area contributed by atoms with Crippen molar-refractivity contribution >= 4 is 34.2 Å². The SMILES string of the molecule is O=C(NCc1cccs1)Oc1ccc2nc(-c3ccc(C(=O)c4ccccc4C(F)(F)F)cc3)[nH]c2c1. The second-order valence-corrected chi connectivity index (χ2v) is 9.07. The molecule has 5 aromatic rings. The lowest BCUT2D eigenvalue weighted by atomic mass is 9.97. The normalized spacial score (nSPS) is 11.4. The van der Waals surface area contributed by atoms with Crippen molar-refractivity contribution < 1.29 is 27.5 Å². The Morgan fingerprint density at radius 3 is 2.49 bits per heavy atom. The van der Waals surface area contributed by atoms with Crippen molar-refractivity contribution in [3.05, 3.63) is 106 Å². The zero-order chi connectivity index (χ0) is 26.0. The molecule has 37 heavy (non-hydrogen) atoms. The number of carbonyl (C=O) groups excluding carboxylic acids is 2. The van der Waals surface area contributed by atoms with Gasteiger partial charge >= 0.3 is 12.3 Å². The number of nitrogens with zero attached hydrogens (tertiary/aromatic N) is 1. The number of ketones is 1. The molecule has 0 saturated heterocycles. The van der Waals surface area contributed by atoms with Crippen molar-refractivity contribution in [2.75, 3.05) is 0 Å². The molecule has 2 aromatic heterocycles. The average Bonchev–Trinajstić information content (AvgIpc) is 3.56. The Balaban J connectivity index is 1.31. The first kappa shape index (κ1) is 24.3. The maximum Gasteiger partial charge on any atom is 0.417 e. The molecule has 0 spiro atoms. The van der Waals surface area contributed by atoms with Gasteiger partial charge in [0.25, 0.3) is 0 Å². The van der Waals surface area contributed by atoms with Crippen LogP contribution in [-0.2, 0) is 12.7 Å². The molecule has 0 fully saturated rings. The number of carbonyl (C=O) groups is 2. The molecule has 0 saturated carbocycles. The number of halogens is 3. The summed E-state index contributed by atoms with van der Waals surface area (Å²) >= 11 is 1.53. The standard InChI is InChI=1S/C27H18F3N3O3S/c28-27(29,30)21-6-2-1-5-20(21)24(34)16-7-9-17(10-8-16)25-32-22-12-11-18(14-23(22)33-25)36-26(35)31-15-19-4-3-13-37-19/h1-14H,15H2,(H,31,35)(H,32,33). The molecule has 2 heterocycles. The summed E-state index contributed by atoms with van der Waals surface area (Å²) in [6, 6.07) is 19.6. The van der Waals surface area contributed by atoms with E-state index in [2.05, 4.69) is 15.3 Å². The molecule has 0 atom stereocenters. The van der Waals surface area contributed by atoms with Crippen LogP contribution in [0.25, 0.3) is 22.4 Å². The Labute approximate surface area is 212 Å². The van der Waals surface area contributed by atoms with Crippen molar-refractivity contribution in [1.29, 1.82) is 0 Å². The number of alkyl halides is 3. The third-order valence-electron chi connectivity index (χ3n) is 5.55. The fourth-order valence-corrected chi connectivity index (χ4v) is 4.41. The highest BCUT2D eigenvalue weighted by Gasteiger charge is 2.35. The van der Waals surface area contributed by atoms with Gasteiger partial charge in [0.05, 0.1) is 23.1 Å². The summed E-state index contributed by atoms with van der Waals surface area (Å²) in [5.41, 5.74) is 0.630. The molecule has 6 nitrogen and oxygen atoms in total. The number of H-pyrrole nitrogens is 1. The Kier molecular flexibility index (Phi) is 6.49. The number of hydrogen-bond donors (Lipinski definition) is 2. The van der Waals surface area contributed by atoms with Crippen molar-refractivity contribution in [2.24, 2.45) is 0 Å². The molecular weight excluding hydrogens is 503 g/mol. The zero-order valence-corrected chi connectivity index (χ0v) is 19.8. The molecule has 0 unspecified atom stereocenters. The van der Waals surface area contributed by atoms with E-state index in [0.29, 0.717) is 34.7 Å². The van der Waals surface area contributed by atoms with E-state index in [1.165, 1.54) is 41.7 Å². The van der Waals surface area contributed by atoms with E-state index in [1.807, 2.05) is 17.5 Å². The van der Waals surface area contributed by atoms with E-state index in [-0.39, 0.29) is 5.56 Å². The van der Waals surface area contributed by atoms with Gasteiger partial charge in [-0.2, -0.15) is 13.2 Å². The first-order valence-electron chi connectivity index (χ1n) is 11.1. The van der Waals surface area contributed by atoms with Gasteiger partial charge in [-0.15, -0.1) is 11.3 Å². The molecule has 0 aliphatic carbocycles. The van der Waals surface area contributed by atoms with Gasteiger partial charge in [-0.1, -0.05) is 48.5 Å². The van der Waals surface area contributed by atoms with Gasteiger partial charge in [0.2, 0.25) is 0 Å². The molecule has 1 amide bonds. The number of hydrogen-bond acceptors (Lipinski definition) is 5. The van der Waals surface area contributed by atoms with E-state index in [9.17, 15) is 22.8 Å². The number of benzene rings is 3. The lowest BCUT2D eigenvalue weighted by Gasteiger charge is -2.11. The van der Waals surface area contributed by atoms with Gasteiger partial charge in [0, 0.05) is 27.6 Å². The predicted molar refractivity (Wildman–Crippen MR) is 134 cm³/mol. The Hall–Kier alpha value is -4.44. The molecule has 10 heteroatoms. The molecule has 0 radical (unpaired) electrons. The number of ether oxygens (including phenoxy) is 1. The van der Waals surface area contributed by atoms with Gasteiger partial charge in [-0.25, -0.2) is 9.78 Å². The largest absolute Gasteiger partial charge is 0.417 e. The monoisotopic (exact) mass is 521 g/mol. The number of aromatic amines is 1. The lowest BCUT2D eigenvalue weighted by Crippen LogP contribution is -2.25. The number of amides is 1. The van der Waals surface area contributed by atoms with E-state index < -0.39 is 29.2 Å². The summed E-state index contributed by atoms with van der Waals surface area (Å²) < 4.78 is 45.3. The van der Waals surface area contributed by atoms with Crippen molar-refractivity contribution in [3.8, 4) is 17.1 Å². The molecule has 0 bridgehead atoms. The van der Waals surface area contributed by atoms with E-state index in [1.54, 1.807) is 30.3 Å². The molecule has 5 rings (SSSR count). The molecule has 2 N–H and O–H groups in total. The van der Waals surface area contributed by atoms with Crippen molar-refractivity contribution in [3.63, 3.8) is 0 Å². The first-order chi connectivity index (χ1) is 17.8. The molecule has 0 aliphatic rings. The Morgan fingerprint density at radius 1 is 0.973 bits per heavy atom. The van der Waals surface area contributed by atoms with Crippen LogP contribution in [0.5, 0.6) is 5.75 Å². The number of nitrogens with one attached hydrogen (secondary N) is 2. The molecule has 3 aromatic carbocycles. The highest BCUT2D eigenvalue weighted by molar-refractivity contribution is 7.09. The Morgan fingerprint density at radius 2 is 1.76 bits per heavy atom. The van der Waals surface area contributed by atoms with E-state index >= 15 is 0 Å². The molecular formula is C27H18F3N3O3S. The maximum atomic E-state index is 13.3. The highest BCUT2D eigenvalue weighted by Crippen LogP contribution is 2.33. The second kappa shape index (κ2) is 9.90. The van der Waals surface area contributed by atoms with Gasteiger partial charge in [0.1, 0.15) is 11.6 Å². The fraction of sp³-hybridized carbons (Fsp3) is 0.0741. The van der Waals surface area contributed by atoms with Crippen LogP contribution in [0.2, 0.25) is 0 Å². The fourth-order valence-electron chi connectivity index (χ4n) is 3.77. The third-order valence-corrected chi connectivity index (χ3v) is 6.42. The summed E-state index contributed by atoms with van der Waals surface area (Å²) in [4.78, 5) is 33.5. The Bertz CT molecular complexity index is 1580. The van der Waals surface area contributed by atoms with Gasteiger partial charge in [-0.05, 0) is 29.6 Å². The third kappa shape index (κ3) is 5.39. The number of thiophene rings is 1. The average molecular weight is 522 g/mol. The van der Waals surface area contributed by atoms with Crippen LogP contribution in [0, 0.1) is 0 Å². The van der Waals surface area contributed by atoms with E-state index in [0.717, 1.165) is 10.9 Å². The maximum absolute atomic E-state index is 13.3. The van der Waals surface area contributed by atoms with Gasteiger partial charge in [-0.3, -0.25) is 4.79 Å². The highest BCUT2D eigenvalue weighted by atomic mass is 32.1. The minimum atomic E-state index is -4.63. The van der Waals surface area contributed by atoms with Crippen molar-refractivity contribution in [1.82, 2.24) is 15.3 Å². The van der Waals surface area contributed by atoms with Crippen LogP contribution in [0.3, 0.4) is 0 Å². The van der Waals surface area contributed by atoms with Gasteiger partial charge < -0.3 is 15.0 Å². The minimum Gasteiger partial charge on any atom is -0.410 e. The second-order valence-electron chi connectivity index (χ2n) is 8.04. The summed E-state index contributed by atoms with van der Waals surface area (Å²) in [6.07, 6.45) is -5.21. The summed E-state index contributed by atoms with van der Waals surface area (Å²) in [5, 5.41) is 4.61. The summed E-state index contributed by atoms with van der Waals surface area (Å²) in [6.45, 7) is 0.368. The number of fused-ring (bicyclic) bond motifs is 1. The summed E-state index contributed by atoms with van der Waals surface area (Å²) in [7, 11) is 0. The quantitative estimate of drug-likeness (QED) is 0.240. The van der Waals surface area contributed by atoms with Crippen LogP contribution in [0.1, 0.15) is 26.4 Å². The van der Waals surface area contributed by atoms with Crippen molar-refractivity contribution in [2.45, 2.75) is 12.7 Å². The molecule has 186 valence electrons. The number of rotatable bonds is 6. The van der Waals surface area contributed by atoms with E-state index in [4.69, 9.17) is 4.74 Å². The van der Waals surface area contributed by atoms with Gasteiger partial charge in [0.15, 0.2) is 5.78 Å². The van der Waals surface area contributed by atoms with Crippen LogP contribution in [0.15, 0.2) is 84.2 Å². The summed E-state index contributed by atoms with van der Waals surface area (Å²) in [5.74, 6) is 0.0999. The first-order valence-corrected chi connectivity index (χ1v) is 11.9.